The second kappa shape index (κ2) is 11.0. The zero-order valence-electron chi connectivity index (χ0n) is 16.7. The van der Waals surface area contributed by atoms with Crippen LogP contribution in [0.1, 0.15) is 43.6 Å². The highest BCUT2D eigenvalue weighted by Crippen LogP contribution is 2.41. The molecule has 1 atom stereocenters. The summed E-state index contributed by atoms with van der Waals surface area (Å²) in [4.78, 5) is 4.64. The van der Waals surface area contributed by atoms with E-state index in [0.29, 0.717) is 0 Å². The van der Waals surface area contributed by atoms with Crippen molar-refractivity contribution in [3.63, 3.8) is 0 Å². The van der Waals surface area contributed by atoms with Crippen LogP contribution in [0.2, 0.25) is 0 Å². The Morgan fingerprint density at radius 3 is 2.07 bits per heavy atom. The summed E-state index contributed by atoms with van der Waals surface area (Å²) in [5, 5.41) is 11.4. The molecule has 29 heavy (non-hydrogen) atoms. The molecule has 0 amide bonds. The Balaban J connectivity index is 0.00000210. The fourth-order valence-corrected chi connectivity index (χ4v) is 4.29. The van der Waals surface area contributed by atoms with Crippen LogP contribution in [0.4, 0.5) is 13.2 Å². The third-order valence-corrected chi connectivity index (χ3v) is 5.92. The van der Waals surface area contributed by atoms with Gasteiger partial charge in [0, 0.05) is 38.6 Å². The molecule has 168 valence electrons. The normalized spacial score (nSPS) is 21.6. The van der Waals surface area contributed by atoms with Crippen LogP contribution in [0.5, 0.6) is 5.75 Å². The van der Waals surface area contributed by atoms with Crippen LogP contribution >= 0.6 is 24.8 Å². The highest BCUT2D eigenvalue weighted by atomic mass is 35.5. The molecule has 9 heteroatoms. The molecular formula is C20H31Cl2F3N2O2. The van der Waals surface area contributed by atoms with Crippen LogP contribution in [0.15, 0.2) is 24.3 Å². The summed E-state index contributed by atoms with van der Waals surface area (Å²) >= 11 is 0. The van der Waals surface area contributed by atoms with Crippen molar-refractivity contribution in [2.75, 3.05) is 39.8 Å². The lowest BCUT2D eigenvalue weighted by Gasteiger charge is -2.43. The van der Waals surface area contributed by atoms with Gasteiger partial charge in [0.15, 0.2) is 0 Å². The number of benzene rings is 1. The van der Waals surface area contributed by atoms with E-state index in [1.165, 1.54) is 12.1 Å². The Hall–Kier alpha value is -0.730. The summed E-state index contributed by atoms with van der Waals surface area (Å²) in [6, 6.07) is 6.06. The van der Waals surface area contributed by atoms with E-state index < -0.39 is 12.0 Å². The van der Waals surface area contributed by atoms with Crippen LogP contribution < -0.4 is 4.74 Å². The maximum atomic E-state index is 12.4. The second-order valence-electron chi connectivity index (χ2n) is 7.94. The maximum absolute atomic E-state index is 12.4. The van der Waals surface area contributed by atoms with Crippen LogP contribution in [0.3, 0.4) is 0 Å². The molecule has 2 fully saturated rings. The minimum atomic E-state index is -4.69. The third kappa shape index (κ3) is 7.47. The van der Waals surface area contributed by atoms with E-state index in [2.05, 4.69) is 21.6 Å². The van der Waals surface area contributed by atoms with Crippen molar-refractivity contribution >= 4 is 24.8 Å². The standard InChI is InChI=1S/C20H29F3N2O2.2ClH/c1-24-11-13-25(14-12-24)15-18(19(26)9-3-2-4-10-19)16-5-7-17(8-6-16)27-20(21,22)23;;/h5-8,18,26H,2-4,9-15H2,1H3;2*1H. The van der Waals surface area contributed by atoms with Crippen LogP contribution in [0, 0.1) is 0 Å². The summed E-state index contributed by atoms with van der Waals surface area (Å²) in [5.41, 5.74) is 0.0847. The predicted octanol–water partition coefficient (Wildman–Crippen LogP) is 4.46. The van der Waals surface area contributed by atoms with Crippen molar-refractivity contribution in [1.29, 1.82) is 0 Å². The van der Waals surface area contributed by atoms with Gasteiger partial charge in [-0.3, -0.25) is 0 Å². The Kier molecular flexibility index (Phi) is 10.0. The fraction of sp³-hybridized carbons (Fsp3) is 0.700. The van der Waals surface area contributed by atoms with Gasteiger partial charge in [0.25, 0.3) is 0 Å². The molecule has 1 aromatic rings. The second-order valence-corrected chi connectivity index (χ2v) is 7.94. The Labute approximate surface area is 183 Å². The zero-order valence-corrected chi connectivity index (χ0v) is 18.3. The van der Waals surface area contributed by atoms with Crippen molar-refractivity contribution < 1.29 is 23.0 Å². The average molecular weight is 459 g/mol. The van der Waals surface area contributed by atoms with Gasteiger partial charge in [-0.15, -0.1) is 38.0 Å². The Morgan fingerprint density at radius 2 is 1.55 bits per heavy atom. The molecule has 1 unspecified atom stereocenters. The monoisotopic (exact) mass is 458 g/mol. The molecule has 1 aromatic carbocycles. The van der Waals surface area contributed by atoms with Gasteiger partial charge in [-0.2, -0.15) is 0 Å². The van der Waals surface area contributed by atoms with Gasteiger partial charge in [-0.1, -0.05) is 31.4 Å². The number of hydrogen-bond donors (Lipinski definition) is 1. The Morgan fingerprint density at radius 1 is 1.00 bits per heavy atom. The first kappa shape index (κ1) is 26.3. The summed E-state index contributed by atoms with van der Waals surface area (Å²) in [6.07, 6.45) is -0.0986. The maximum Gasteiger partial charge on any atom is 0.573 e. The van der Waals surface area contributed by atoms with Crippen molar-refractivity contribution in [2.45, 2.75) is 50.0 Å². The van der Waals surface area contributed by atoms with Gasteiger partial charge < -0.3 is 19.6 Å². The van der Waals surface area contributed by atoms with Gasteiger partial charge in [-0.25, -0.2) is 0 Å². The first-order valence-electron chi connectivity index (χ1n) is 9.74. The molecule has 4 nitrogen and oxygen atoms in total. The predicted molar refractivity (Wildman–Crippen MR) is 112 cm³/mol. The summed E-state index contributed by atoms with van der Waals surface area (Å²) < 4.78 is 41.3. The highest BCUT2D eigenvalue weighted by molar-refractivity contribution is 5.85. The van der Waals surface area contributed by atoms with E-state index in [9.17, 15) is 18.3 Å². The molecule has 0 radical (unpaired) electrons. The van der Waals surface area contributed by atoms with Crippen molar-refractivity contribution in [3.8, 4) is 5.75 Å². The number of aliphatic hydroxyl groups is 1. The average Bonchev–Trinajstić information content (AvgIpc) is 2.61. The van der Waals surface area contributed by atoms with Crippen LogP contribution in [-0.2, 0) is 0 Å². The first-order chi connectivity index (χ1) is 12.8. The van der Waals surface area contributed by atoms with Gasteiger partial charge in [0.2, 0.25) is 0 Å². The largest absolute Gasteiger partial charge is 0.573 e. The quantitative estimate of drug-likeness (QED) is 0.706. The molecule has 2 aliphatic rings. The van der Waals surface area contributed by atoms with Crippen LogP contribution in [0.25, 0.3) is 0 Å². The number of likely N-dealkylation sites (N-methyl/N-ethyl adjacent to an activating group) is 1. The van der Waals surface area contributed by atoms with Gasteiger partial charge in [0.05, 0.1) is 5.60 Å². The fourth-order valence-electron chi connectivity index (χ4n) is 4.29. The molecule has 0 aromatic heterocycles. The van der Waals surface area contributed by atoms with Crippen molar-refractivity contribution in [1.82, 2.24) is 9.80 Å². The first-order valence-corrected chi connectivity index (χ1v) is 9.74. The summed E-state index contributed by atoms with van der Waals surface area (Å²) in [6.45, 7) is 4.59. The molecule has 1 aliphatic carbocycles. The molecule has 0 spiro atoms. The lowest BCUT2D eigenvalue weighted by molar-refractivity contribution is -0.274. The van der Waals surface area contributed by atoms with Crippen molar-refractivity contribution in [2.24, 2.45) is 0 Å². The lowest BCUT2D eigenvalue weighted by atomic mass is 9.72. The van der Waals surface area contributed by atoms with Crippen molar-refractivity contribution in [3.05, 3.63) is 29.8 Å². The number of alkyl halides is 3. The number of piperazine rings is 1. The topological polar surface area (TPSA) is 35.9 Å². The van der Waals surface area contributed by atoms with E-state index >= 15 is 0 Å². The molecule has 1 heterocycles. The van der Waals surface area contributed by atoms with E-state index in [0.717, 1.165) is 70.4 Å². The highest BCUT2D eigenvalue weighted by Gasteiger charge is 2.40. The summed E-state index contributed by atoms with van der Waals surface area (Å²) in [5.74, 6) is -0.332. The minimum absolute atomic E-state index is 0. The molecule has 1 aliphatic heterocycles. The third-order valence-electron chi connectivity index (χ3n) is 5.92. The van der Waals surface area contributed by atoms with Gasteiger partial charge in [0.1, 0.15) is 5.75 Å². The van der Waals surface area contributed by atoms with E-state index in [-0.39, 0.29) is 36.5 Å². The van der Waals surface area contributed by atoms with Crippen LogP contribution in [-0.4, -0.2) is 66.6 Å². The molecule has 1 saturated heterocycles. The number of nitrogens with zero attached hydrogens (tertiary/aromatic N) is 2. The van der Waals surface area contributed by atoms with Gasteiger partial charge in [-0.05, 0) is 37.6 Å². The lowest BCUT2D eigenvalue weighted by Crippen LogP contribution is -2.50. The summed E-state index contributed by atoms with van der Waals surface area (Å²) in [7, 11) is 2.10. The number of halogens is 5. The molecule has 3 rings (SSSR count). The molecule has 1 saturated carbocycles. The van der Waals surface area contributed by atoms with E-state index in [1.807, 2.05) is 0 Å². The minimum Gasteiger partial charge on any atom is -0.406 e. The number of rotatable bonds is 5. The SMILES string of the molecule is CN1CCN(CC(c2ccc(OC(F)(F)F)cc2)C2(O)CCCCC2)CC1.Cl.Cl. The zero-order chi connectivity index (χ0) is 19.5. The smallest absolute Gasteiger partial charge is 0.406 e. The molecule has 1 N–H and O–H groups in total. The van der Waals surface area contributed by atoms with E-state index in [1.54, 1.807) is 12.1 Å². The van der Waals surface area contributed by atoms with Gasteiger partial charge >= 0.3 is 6.36 Å². The molecule has 0 bridgehead atoms. The number of hydrogen-bond acceptors (Lipinski definition) is 4. The van der Waals surface area contributed by atoms with E-state index in [4.69, 9.17) is 0 Å². The molecular weight excluding hydrogens is 428 g/mol. The Bertz CT molecular complexity index is 603. The number of ether oxygens (including phenoxy) is 1.